The molecule has 1 rings (SSSR count). The van der Waals surface area contributed by atoms with Crippen LogP contribution in [-0.2, 0) is 0 Å². The van der Waals surface area contributed by atoms with Crippen LogP contribution in [0.15, 0.2) is 5.10 Å². The van der Waals surface area contributed by atoms with Gasteiger partial charge in [0.1, 0.15) is 10.0 Å². The Hall–Kier alpha value is -1.04. The van der Waals surface area contributed by atoms with Crippen molar-refractivity contribution in [2.75, 3.05) is 5.73 Å². The number of nitrogen functional groups attached to an aromatic ring is 1. The Kier molecular flexibility index (Phi) is 6.71. The second-order valence-electron chi connectivity index (χ2n) is 5.08. The molecule has 0 radical (unpaired) electrons. The maximum Gasteiger partial charge on any atom is 0.337 e. The lowest BCUT2D eigenvalue weighted by molar-refractivity contribution is -0.379. The molecule has 0 fully saturated rings. The predicted molar refractivity (Wildman–Crippen MR) is 87.1 cm³/mol. The van der Waals surface area contributed by atoms with Crippen molar-refractivity contribution in [2.24, 2.45) is 11.0 Å². The van der Waals surface area contributed by atoms with Crippen molar-refractivity contribution >= 4 is 52.1 Å². The molecule has 5 nitrogen and oxygen atoms in total. The standard InChI is InChI=1S/C13H17Cl3N4O/c1-6(2)4-5-7(3)19-20-13(21)11-8(14)10(17)9(15)12(16)18-11/h6H,4-5H2,1-3H3,(H2,17,18)(H,20,21)/p+1/b19-7+. The number of nitrogens with zero attached hydrogens (tertiary/aromatic N) is 1. The van der Waals surface area contributed by atoms with Gasteiger partial charge >= 0.3 is 5.91 Å². The van der Waals surface area contributed by atoms with E-state index in [1.54, 1.807) is 0 Å². The number of pyridine rings is 1. The minimum atomic E-state index is -0.533. The number of nitrogens with two attached hydrogens (primary N) is 1. The number of rotatable bonds is 5. The van der Waals surface area contributed by atoms with Crippen molar-refractivity contribution in [1.29, 1.82) is 0 Å². The highest BCUT2D eigenvalue weighted by atomic mass is 35.5. The van der Waals surface area contributed by atoms with Gasteiger partial charge in [-0.2, -0.15) is 10.1 Å². The van der Waals surface area contributed by atoms with Gasteiger partial charge in [-0.3, -0.25) is 4.79 Å². The van der Waals surface area contributed by atoms with E-state index in [1.165, 1.54) is 0 Å². The first-order valence-corrected chi connectivity index (χ1v) is 7.56. The molecule has 116 valence electrons. The fourth-order valence-electron chi connectivity index (χ4n) is 1.48. The zero-order chi connectivity index (χ0) is 16.2. The number of anilines is 1. The molecule has 0 saturated heterocycles. The first-order valence-electron chi connectivity index (χ1n) is 6.42. The molecule has 21 heavy (non-hydrogen) atoms. The Balaban J connectivity index is 2.84. The molecule has 8 heteroatoms. The number of amides is 1. The third-order valence-electron chi connectivity index (χ3n) is 2.78. The summed E-state index contributed by atoms with van der Waals surface area (Å²) in [7, 11) is 0. The van der Waals surface area contributed by atoms with Crippen molar-refractivity contribution in [3.05, 3.63) is 20.9 Å². The number of aromatic amines is 1. The van der Waals surface area contributed by atoms with E-state index in [9.17, 15) is 4.79 Å². The van der Waals surface area contributed by atoms with Gasteiger partial charge in [-0.15, -0.1) is 0 Å². The summed E-state index contributed by atoms with van der Waals surface area (Å²) in [6.07, 6.45) is 1.80. The lowest BCUT2D eigenvalue weighted by Crippen LogP contribution is -2.28. The van der Waals surface area contributed by atoms with Crippen LogP contribution in [0.4, 0.5) is 5.69 Å². The smallest absolute Gasteiger partial charge is 0.337 e. The number of aromatic nitrogens is 1. The summed E-state index contributed by atoms with van der Waals surface area (Å²) in [5.41, 5.74) is 8.97. The van der Waals surface area contributed by atoms with E-state index in [0.717, 1.165) is 18.6 Å². The Morgan fingerprint density at radius 3 is 2.52 bits per heavy atom. The molecule has 1 heterocycles. The van der Waals surface area contributed by atoms with Crippen LogP contribution in [0.25, 0.3) is 0 Å². The number of halogens is 3. The molecular formula is C13H18Cl3N4O+. The average Bonchev–Trinajstić information content (AvgIpc) is 2.44. The van der Waals surface area contributed by atoms with Crippen LogP contribution in [0, 0.1) is 5.92 Å². The van der Waals surface area contributed by atoms with Crippen molar-refractivity contribution in [2.45, 2.75) is 33.6 Å². The Bertz CT molecular complexity index is 573. The highest BCUT2D eigenvalue weighted by Crippen LogP contribution is 2.31. The van der Waals surface area contributed by atoms with Gasteiger partial charge in [0.2, 0.25) is 0 Å². The van der Waals surface area contributed by atoms with Gasteiger partial charge in [0.15, 0.2) is 0 Å². The third kappa shape index (κ3) is 5.02. The largest absolute Gasteiger partial charge is 0.396 e. The highest BCUT2D eigenvalue weighted by Gasteiger charge is 2.25. The second kappa shape index (κ2) is 7.82. The molecule has 1 aromatic heterocycles. The van der Waals surface area contributed by atoms with Crippen LogP contribution < -0.4 is 16.1 Å². The van der Waals surface area contributed by atoms with Crippen LogP contribution in [0.3, 0.4) is 0 Å². The van der Waals surface area contributed by atoms with Crippen LogP contribution in [0.1, 0.15) is 44.1 Å². The molecule has 4 N–H and O–H groups in total. The lowest BCUT2D eigenvalue weighted by atomic mass is 10.1. The summed E-state index contributed by atoms with van der Waals surface area (Å²) < 4.78 is 0. The SMILES string of the molecule is C/C(CCC(C)C)=N\NC(=O)c1[nH+]c(Cl)c(Cl)c(N)c1Cl. The zero-order valence-electron chi connectivity index (χ0n) is 12.1. The van der Waals surface area contributed by atoms with Gasteiger partial charge in [-0.25, -0.2) is 5.43 Å². The fraction of sp³-hybridized carbons (Fsp3) is 0.462. The highest BCUT2D eigenvalue weighted by molar-refractivity contribution is 6.45. The summed E-state index contributed by atoms with van der Waals surface area (Å²) >= 11 is 17.6. The summed E-state index contributed by atoms with van der Waals surface area (Å²) in [6.45, 7) is 6.09. The summed E-state index contributed by atoms with van der Waals surface area (Å²) in [5, 5.41) is 4.15. The summed E-state index contributed by atoms with van der Waals surface area (Å²) in [4.78, 5) is 14.6. The Morgan fingerprint density at radius 1 is 1.33 bits per heavy atom. The monoisotopic (exact) mass is 351 g/mol. The van der Waals surface area contributed by atoms with Crippen LogP contribution in [0.5, 0.6) is 0 Å². The van der Waals surface area contributed by atoms with Gasteiger partial charge in [0, 0.05) is 5.71 Å². The molecule has 1 aromatic rings. The zero-order valence-corrected chi connectivity index (χ0v) is 14.3. The second-order valence-corrected chi connectivity index (χ2v) is 6.21. The first-order chi connectivity index (χ1) is 9.73. The maximum absolute atomic E-state index is 12.0. The van der Waals surface area contributed by atoms with E-state index in [-0.39, 0.29) is 26.6 Å². The molecule has 0 unspecified atom stereocenters. The average molecular weight is 353 g/mol. The maximum atomic E-state index is 12.0. The summed E-state index contributed by atoms with van der Waals surface area (Å²) in [5.74, 6) is 0.0395. The van der Waals surface area contributed by atoms with E-state index in [4.69, 9.17) is 40.5 Å². The third-order valence-corrected chi connectivity index (χ3v) is 3.94. The van der Waals surface area contributed by atoms with Crippen molar-refractivity contribution in [1.82, 2.24) is 5.43 Å². The van der Waals surface area contributed by atoms with Gasteiger partial charge in [-0.05, 0) is 37.3 Å². The van der Waals surface area contributed by atoms with E-state index >= 15 is 0 Å². The number of hydrogen-bond donors (Lipinski definition) is 2. The Labute approximate surface area is 138 Å². The number of carbonyl (C=O) groups excluding carboxylic acids is 1. The quantitative estimate of drug-likeness (QED) is 0.482. The van der Waals surface area contributed by atoms with Crippen molar-refractivity contribution in [3.8, 4) is 0 Å². The van der Waals surface area contributed by atoms with Crippen LogP contribution in [-0.4, -0.2) is 11.6 Å². The van der Waals surface area contributed by atoms with E-state index in [0.29, 0.717) is 5.92 Å². The van der Waals surface area contributed by atoms with E-state index < -0.39 is 5.91 Å². The number of H-pyrrole nitrogens is 1. The number of nitrogens with one attached hydrogen (secondary N) is 2. The summed E-state index contributed by atoms with van der Waals surface area (Å²) in [6, 6.07) is 0. The normalized spacial score (nSPS) is 11.9. The topological polar surface area (TPSA) is 81.6 Å². The molecule has 0 atom stereocenters. The van der Waals surface area contributed by atoms with Crippen molar-refractivity contribution < 1.29 is 9.78 Å². The van der Waals surface area contributed by atoms with Crippen LogP contribution in [0.2, 0.25) is 15.2 Å². The van der Waals surface area contributed by atoms with Gasteiger partial charge < -0.3 is 5.73 Å². The molecule has 0 saturated carbocycles. The van der Waals surface area contributed by atoms with E-state index in [1.807, 2.05) is 6.92 Å². The Morgan fingerprint density at radius 2 is 1.95 bits per heavy atom. The minimum Gasteiger partial charge on any atom is -0.396 e. The van der Waals surface area contributed by atoms with Gasteiger partial charge in [0.25, 0.3) is 10.8 Å². The minimum absolute atomic E-state index is 0.0110. The predicted octanol–water partition coefficient (Wildman–Crippen LogP) is 3.59. The molecule has 0 aliphatic heterocycles. The van der Waals surface area contributed by atoms with E-state index in [2.05, 4.69) is 29.4 Å². The molecule has 1 amide bonds. The van der Waals surface area contributed by atoms with Crippen LogP contribution >= 0.6 is 34.8 Å². The lowest BCUT2D eigenvalue weighted by Gasteiger charge is -2.05. The molecule has 0 bridgehead atoms. The number of hydrazone groups is 1. The number of carbonyl (C=O) groups is 1. The number of hydrogen-bond acceptors (Lipinski definition) is 3. The molecule has 0 spiro atoms. The fourth-order valence-corrected chi connectivity index (χ4v) is 2.09. The van der Waals surface area contributed by atoms with Gasteiger partial charge in [-0.1, -0.05) is 37.0 Å². The molecule has 0 aliphatic rings. The van der Waals surface area contributed by atoms with Crippen molar-refractivity contribution in [3.63, 3.8) is 0 Å². The first kappa shape index (κ1) is 18.0. The van der Waals surface area contributed by atoms with Gasteiger partial charge in [0.05, 0.1) is 5.69 Å². The molecule has 0 aliphatic carbocycles. The molecular weight excluding hydrogens is 335 g/mol. The molecule has 0 aromatic carbocycles.